The topological polar surface area (TPSA) is 102 Å². The van der Waals surface area contributed by atoms with Gasteiger partial charge in [0, 0.05) is 12.0 Å². The van der Waals surface area contributed by atoms with Gasteiger partial charge in [-0.25, -0.2) is 0 Å². The summed E-state index contributed by atoms with van der Waals surface area (Å²) in [6, 6.07) is 0. The molecular formula is C12H14IN5OS. The van der Waals surface area contributed by atoms with Crippen molar-refractivity contribution in [2.45, 2.75) is 23.0 Å². The molecule has 1 aromatic rings. The number of aryl methyl sites for hydroxylation is 2. The number of aliphatic imine (C=N–C) groups is 1. The Morgan fingerprint density at radius 3 is 2.85 bits per heavy atom. The molecule has 8 heteroatoms. The van der Waals surface area contributed by atoms with E-state index in [9.17, 15) is 0 Å². The van der Waals surface area contributed by atoms with E-state index in [4.69, 9.17) is 16.0 Å². The second-order valence-corrected chi connectivity index (χ2v) is 8.76. The zero-order chi connectivity index (χ0) is 14.5. The van der Waals surface area contributed by atoms with Crippen LogP contribution in [-0.2, 0) is 6.42 Å². The first kappa shape index (κ1) is 13.8. The third-order valence-electron chi connectivity index (χ3n) is 3.21. The summed E-state index contributed by atoms with van der Waals surface area (Å²) in [5.74, 6) is 1.66. The van der Waals surface area contributed by atoms with Crippen LogP contribution in [0.1, 0.15) is 17.0 Å². The van der Waals surface area contributed by atoms with Crippen LogP contribution in [-0.4, -0.2) is 13.9 Å². The number of alkyl halides is 1. The molecule has 5 N–H and O–H groups in total. The first-order valence-electron chi connectivity index (χ1n) is 6.02. The molecule has 20 heavy (non-hydrogen) atoms. The molecule has 0 amide bonds. The molecule has 0 saturated carbocycles. The molecule has 1 atom stereocenters. The molecule has 2 aliphatic heterocycles. The summed E-state index contributed by atoms with van der Waals surface area (Å²) in [7, 11) is 0. The van der Waals surface area contributed by atoms with Gasteiger partial charge in [-0.2, -0.15) is 4.99 Å². The summed E-state index contributed by atoms with van der Waals surface area (Å²) in [4.78, 5) is 5.01. The number of guanidine groups is 1. The molecule has 106 valence electrons. The standard InChI is InChI=1S/C12H14IN5OS/c1-5-7(6(2)19-18-5)3-12(13)4-8-9(20-12)10(14)17-11(15)16-8/h4H,3,14H2,1-2H3,(H3,15,16,17). The average Bonchev–Trinajstić information content (AvgIpc) is 2.84. The Labute approximate surface area is 134 Å². The van der Waals surface area contributed by atoms with Crippen molar-refractivity contribution < 1.29 is 4.52 Å². The van der Waals surface area contributed by atoms with Crippen molar-refractivity contribution in [3.05, 3.63) is 39.5 Å². The van der Waals surface area contributed by atoms with E-state index in [-0.39, 0.29) is 2.75 Å². The van der Waals surface area contributed by atoms with Crippen molar-refractivity contribution in [2.24, 2.45) is 16.5 Å². The predicted molar refractivity (Wildman–Crippen MR) is 88.1 cm³/mol. The Morgan fingerprint density at radius 1 is 1.45 bits per heavy atom. The van der Waals surface area contributed by atoms with Crippen LogP contribution < -0.4 is 16.8 Å². The second kappa shape index (κ2) is 4.69. The molecule has 0 radical (unpaired) electrons. The van der Waals surface area contributed by atoms with Crippen LogP contribution in [0.4, 0.5) is 0 Å². The van der Waals surface area contributed by atoms with Crippen LogP contribution in [0.25, 0.3) is 0 Å². The molecule has 1 aromatic heterocycles. The van der Waals surface area contributed by atoms with Gasteiger partial charge in [0.1, 0.15) is 11.6 Å². The maximum atomic E-state index is 5.94. The molecule has 0 aromatic carbocycles. The van der Waals surface area contributed by atoms with E-state index < -0.39 is 0 Å². The van der Waals surface area contributed by atoms with Crippen LogP contribution >= 0.6 is 34.4 Å². The maximum absolute atomic E-state index is 5.94. The molecule has 0 fully saturated rings. The number of rotatable bonds is 2. The number of halogens is 1. The molecule has 0 spiro atoms. The minimum Gasteiger partial charge on any atom is -0.383 e. The van der Waals surface area contributed by atoms with E-state index in [0.29, 0.717) is 11.8 Å². The van der Waals surface area contributed by atoms with Crippen LogP contribution in [0.3, 0.4) is 0 Å². The molecule has 0 bridgehead atoms. The van der Waals surface area contributed by atoms with Crippen molar-refractivity contribution in [3.63, 3.8) is 0 Å². The Hall–Kier alpha value is -1.16. The van der Waals surface area contributed by atoms with Gasteiger partial charge in [-0.3, -0.25) is 0 Å². The Balaban J connectivity index is 1.92. The number of hydrogen-bond donors (Lipinski definition) is 3. The van der Waals surface area contributed by atoms with Gasteiger partial charge in [-0.1, -0.05) is 39.5 Å². The van der Waals surface area contributed by atoms with Gasteiger partial charge in [0.2, 0.25) is 0 Å². The van der Waals surface area contributed by atoms with Gasteiger partial charge in [0.05, 0.1) is 19.0 Å². The third-order valence-corrected chi connectivity index (χ3v) is 5.80. The van der Waals surface area contributed by atoms with Crippen molar-refractivity contribution in [1.82, 2.24) is 10.5 Å². The molecule has 0 aliphatic carbocycles. The van der Waals surface area contributed by atoms with Crippen LogP contribution in [0.15, 0.2) is 32.0 Å². The summed E-state index contributed by atoms with van der Waals surface area (Å²) in [6.45, 7) is 3.89. The van der Waals surface area contributed by atoms with Gasteiger partial charge in [-0.15, -0.1) is 0 Å². The molecule has 6 nitrogen and oxygen atoms in total. The lowest BCUT2D eigenvalue weighted by Gasteiger charge is -2.19. The summed E-state index contributed by atoms with van der Waals surface area (Å²) in [5, 5.41) is 7.06. The number of nitrogens with one attached hydrogen (secondary N) is 1. The summed E-state index contributed by atoms with van der Waals surface area (Å²) < 4.78 is 5.08. The van der Waals surface area contributed by atoms with Gasteiger partial charge >= 0.3 is 0 Å². The van der Waals surface area contributed by atoms with E-state index in [2.05, 4.69) is 44.1 Å². The van der Waals surface area contributed by atoms with E-state index in [1.165, 1.54) is 0 Å². The highest BCUT2D eigenvalue weighted by atomic mass is 127. The zero-order valence-corrected chi connectivity index (χ0v) is 14.0. The highest BCUT2D eigenvalue weighted by Crippen LogP contribution is 2.51. The normalized spacial score (nSPS) is 25.1. The van der Waals surface area contributed by atoms with Crippen LogP contribution in [0, 0.1) is 13.8 Å². The number of thioether (sulfide) groups is 1. The molecule has 3 rings (SSSR count). The monoisotopic (exact) mass is 403 g/mol. The zero-order valence-electron chi connectivity index (χ0n) is 11.0. The first-order valence-corrected chi connectivity index (χ1v) is 7.91. The fourth-order valence-corrected chi connectivity index (χ4v) is 4.70. The molecular weight excluding hydrogens is 389 g/mol. The van der Waals surface area contributed by atoms with E-state index in [0.717, 1.165) is 34.0 Å². The van der Waals surface area contributed by atoms with Gasteiger partial charge in [0.15, 0.2) is 5.96 Å². The number of nitrogens with two attached hydrogens (primary N) is 2. The van der Waals surface area contributed by atoms with Crippen molar-refractivity contribution in [3.8, 4) is 0 Å². The lowest BCUT2D eigenvalue weighted by Crippen LogP contribution is -2.34. The van der Waals surface area contributed by atoms with Crippen molar-refractivity contribution in [2.75, 3.05) is 0 Å². The number of hydrogen-bond acceptors (Lipinski definition) is 7. The van der Waals surface area contributed by atoms with E-state index in [1.807, 2.05) is 13.8 Å². The van der Waals surface area contributed by atoms with Gasteiger partial charge in [0.25, 0.3) is 0 Å². The highest BCUT2D eigenvalue weighted by molar-refractivity contribution is 14.1. The van der Waals surface area contributed by atoms with Crippen LogP contribution in [0.2, 0.25) is 0 Å². The summed E-state index contributed by atoms with van der Waals surface area (Å²) in [5.41, 5.74) is 14.6. The Bertz CT molecular complexity index is 658. The largest absolute Gasteiger partial charge is 0.383 e. The van der Waals surface area contributed by atoms with Crippen molar-refractivity contribution in [1.29, 1.82) is 0 Å². The van der Waals surface area contributed by atoms with E-state index in [1.54, 1.807) is 11.8 Å². The minimum absolute atomic E-state index is 0.152. The summed E-state index contributed by atoms with van der Waals surface area (Å²) in [6.07, 6.45) is 2.94. The SMILES string of the molecule is Cc1noc(C)c1CC1(I)C=C2NC(N)=NC(N)=C2S1. The molecule has 3 heterocycles. The smallest absolute Gasteiger partial charge is 0.199 e. The quantitative estimate of drug-likeness (QED) is 0.513. The lowest BCUT2D eigenvalue weighted by atomic mass is 10.1. The molecule has 2 aliphatic rings. The van der Waals surface area contributed by atoms with Crippen molar-refractivity contribution >= 4 is 40.3 Å². The molecule has 0 saturated heterocycles. The molecule has 1 unspecified atom stereocenters. The number of fused-ring (bicyclic) bond motifs is 1. The second-order valence-electron chi connectivity index (χ2n) is 4.76. The Morgan fingerprint density at radius 2 is 2.20 bits per heavy atom. The fraction of sp³-hybridized carbons (Fsp3) is 0.333. The highest BCUT2D eigenvalue weighted by Gasteiger charge is 2.39. The third kappa shape index (κ3) is 2.30. The minimum atomic E-state index is -0.152. The predicted octanol–water partition coefficient (Wildman–Crippen LogP) is 1.64. The lowest BCUT2D eigenvalue weighted by molar-refractivity contribution is 0.392. The summed E-state index contributed by atoms with van der Waals surface area (Å²) >= 11 is 4.09. The Kier molecular flexibility index (Phi) is 3.24. The number of nitrogens with zero attached hydrogens (tertiary/aromatic N) is 2. The fourth-order valence-electron chi connectivity index (χ4n) is 2.25. The van der Waals surface area contributed by atoms with Crippen LogP contribution in [0.5, 0.6) is 0 Å². The van der Waals surface area contributed by atoms with Gasteiger partial charge in [-0.05, 0) is 19.9 Å². The maximum Gasteiger partial charge on any atom is 0.199 e. The first-order chi connectivity index (χ1) is 9.38. The number of aromatic nitrogens is 1. The average molecular weight is 403 g/mol. The van der Waals surface area contributed by atoms with E-state index >= 15 is 0 Å². The van der Waals surface area contributed by atoms with Gasteiger partial charge < -0.3 is 21.3 Å².